The number of carbonyl (C=O) groups excluding carboxylic acids is 1. The van der Waals surface area contributed by atoms with Crippen molar-refractivity contribution in [3.63, 3.8) is 0 Å². The van der Waals surface area contributed by atoms with E-state index in [0.717, 1.165) is 24.9 Å². The molecule has 0 heterocycles. The molecule has 172 valence electrons. The Bertz CT molecular complexity index is 1110. The summed E-state index contributed by atoms with van der Waals surface area (Å²) in [7, 11) is 0. The van der Waals surface area contributed by atoms with Crippen LogP contribution in [0.1, 0.15) is 18.1 Å². The zero-order valence-corrected chi connectivity index (χ0v) is 22.3. The van der Waals surface area contributed by atoms with Crippen LogP contribution in [-0.2, 0) is 11.4 Å². The second kappa shape index (κ2) is 12.8. The first-order chi connectivity index (χ1) is 15.9. The van der Waals surface area contributed by atoms with Gasteiger partial charge in [0.1, 0.15) is 6.61 Å². The van der Waals surface area contributed by atoms with E-state index in [9.17, 15) is 4.79 Å². The maximum atomic E-state index is 12.1. The molecule has 0 aromatic heterocycles. The molecule has 0 saturated heterocycles. The van der Waals surface area contributed by atoms with Crippen LogP contribution in [0.3, 0.4) is 0 Å². The van der Waals surface area contributed by atoms with E-state index in [-0.39, 0.29) is 12.5 Å². The Morgan fingerprint density at radius 3 is 2.55 bits per heavy atom. The van der Waals surface area contributed by atoms with Crippen LogP contribution in [0.25, 0.3) is 0 Å². The van der Waals surface area contributed by atoms with Gasteiger partial charge in [-0.05, 0) is 89.2 Å². The monoisotopic (exact) mass is 641 g/mol. The van der Waals surface area contributed by atoms with Gasteiger partial charge in [-0.15, -0.1) is 0 Å². The third-order valence-corrected chi connectivity index (χ3v) is 5.91. The lowest BCUT2D eigenvalue weighted by molar-refractivity contribution is -0.119. The summed E-state index contributed by atoms with van der Waals surface area (Å²) in [5, 5.41) is 7.78. The van der Waals surface area contributed by atoms with E-state index in [0.29, 0.717) is 29.7 Å². The zero-order valence-electron chi connectivity index (χ0n) is 17.8. The van der Waals surface area contributed by atoms with Crippen molar-refractivity contribution < 1.29 is 14.3 Å². The molecule has 0 unspecified atom stereocenters. The highest BCUT2D eigenvalue weighted by molar-refractivity contribution is 14.1. The first-order valence-electron chi connectivity index (χ1n) is 10.1. The summed E-state index contributed by atoms with van der Waals surface area (Å²) >= 11 is 11.5. The Morgan fingerprint density at radius 1 is 1.12 bits per heavy atom. The lowest BCUT2D eigenvalue weighted by Gasteiger charge is -2.15. The lowest BCUT2D eigenvalue weighted by Crippen LogP contribution is -2.25. The maximum absolute atomic E-state index is 12.1. The molecule has 3 aromatic carbocycles. The van der Waals surface area contributed by atoms with Gasteiger partial charge in [-0.1, -0.05) is 39.7 Å². The molecule has 3 rings (SSSR count). The fourth-order valence-corrected chi connectivity index (χ4v) is 3.94. The van der Waals surface area contributed by atoms with Gasteiger partial charge < -0.3 is 14.8 Å². The van der Waals surface area contributed by atoms with Gasteiger partial charge in [0, 0.05) is 15.2 Å². The molecule has 33 heavy (non-hydrogen) atoms. The molecule has 0 aliphatic heterocycles. The Labute approximate surface area is 220 Å². The van der Waals surface area contributed by atoms with Gasteiger partial charge in [-0.2, -0.15) is 5.10 Å². The second-order valence-electron chi connectivity index (χ2n) is 6.83. The largest absolute Gasteiger partial charge is 0.490 e. The quantitative estimate of drug-likeness (QED) is 0.156. The van der Waals surface area contributed by atoms with E-state index < -0.39 is 0 Å². The molecule has 0 saturated carbocycles. The maximum Gasteiger partial charge on any atom is 0.259 e. The van der Waals surface area contributed by atoms with Crippen LogP contribution in [0.5, 0.6) is 11.5 Å². The molecule has 1 amide bonds. The van der Waals surface area contributed by atoms with Crippen LogP contribution in [0, 0.1) is 3.57 Å². The fourth-order valence-electron chi connectivity index (χ4n) is 2.77. The minimum Gasteiger partial charge on any atom is -0.490 e. The molecular weight excluding hydrogens is 621 g/mol. The van der Waals surface area contributed by atoms with Crippen molar-refractivity contribution in [2.75, 3.05) is 18.5 Å². The van der Waals surface area contributed by atoms with E-state index in [1.807, 2.05) is 67.6 Å². The predicted molar refractivity (Wildman–Crippen MR) is 144 cm³/mol. The van der Waals surface area contributed by atoms with Crippen molar-refractivity contribution >= 4 is 67.9 Å². The number of halogens is 3. The van der Waals surface area contributed by atoms with Gasteiger partial charge in [0.25, 0.3) is 5.91 Å². The second-order valence-corrected chi connectivity index (χ2v) is 9.35. The number of hydrazone groups is 1. The summed E-state index contributed by atoms with van der Waals surface area (Å²) in [6, 6.07) is 18.8. The molecule has 0 bridgehead atoms. The molecule has 6 nitrogen and oxygen atoms in total. The third-order valence-electron chi connectivity index (χ3n) is 4.33. The smallest absolute Gasteiger partial charge is 0.259 e. The Hall–Kier alpha value is -2.30. The molecule has 0 atom stereocenters. The molecule has 2 N–H and O–H groups in total. The Morgan fingerprint density at radius 2 is 1.85 bits per heavy atom. The third kappa shape index (κ3) is 8.21. The SMILES string of the molecule is CCOc1cc(/C=N\NC(=O)CNc2ccc(Br)cc2)cc(I)c1OCc1ccc(Cl)cc1. The van der Waals surface area contributed by atoms with E-state index in [1.54, 1.807) is 6.21 Å². The summed E-state index contributed by atoms with van der Waals surface area (Å²) in [5.74, 6) is 1.02. The van der Waals surface area contributed by atoms with E-state index in [4.69, 9.17) is 21.1 Å². The van der Waals surface area contributed by atoms with Crippen LogP contribution in [0.4, 0.5) is 5.69 Å². The number of nitrogens with zero attached hydrogens (tertiary/aromatic N) is 1. The molecule has 0 radical (unpaired) electrons. The summed E-state index contributed by atoms with van der Waals surface area (Å²) in [6.45, 7) is 2.90. The van der Waals surface area contributed by atoms with E-state index in [1.165, 1.54) is 0 Å². The van der Waals surface area contributed by atoms with Gasteiger partial charge in [-0.25, -0.2) is 5.43 Å². The van der Waals surface area contributed by atoms with Crippen molar-refractivity contribution in [3.8, 4) is 11.5 Å². The minimum atomic E-state index is -0.253. The molecule has 0 fully saturated rings. The lowest BCUT2D eigenvalue weighted by atomic mass is 10.2. The first kappa shape index (κ1) is 25.3. The zero-order chi connectivity index (χ0) is 23.6. The van der Waals surface area contributed by atoms with Crippen LogP contribution in [-0.4, -0.2) is 25.3 Å². The van der Waals surface area contributed by atoms with Gasteiger partial charge in [0.15, 0.2) is 11.5 Å². The normalized spacial score (nSPS) is 10.8. The molecule has 0 spiro atoms. The number of rotatable bonds is 10. The van der Waals surface area contributed by atoms with Gasteiger partial charge >= 0.3 is 0 Å². The number of carbonyl (C=O) groups is 1. The number of anilines is 1. The number of hydrogen-bond acceptors (Lipinski definition) is 5. The summed E-state index contributed by atoms with van der Waals surface area (Å²) in [6.07, 6.45) is 1.57. The van der Waals surface area contributed by atoms with Crippen molar-refractivity contribution in [2.45, 2.75) is 13.5 Å². The van der Waals surface area contributed by atoms with Gasteiger partial charge in [0.2, 0.25) is 0 Å². The number of benzene rings is 3. The first-order valence-corrected chi connectivity index (χ1v) is 12.3. The average molecular weight is 643 g/mol. The number of nitrogens with one attached hydrogen (secondary N) is 2. The van der Waals surface area contributed by atoms with Crippen LogP contribution in [0.2, 0.25) is 5.02 Å². The van der Waals surface area contributed by atoms with E-state index in [2.05, 4.69) is 54.4 Å². The van der Waals surface area contributed by atoms with Crippen molar-refractivity contribution in [2.24, 2.45) is 5.10 Å². The summed E-state index contributed by atoms with van der Waals surface area (Å²) < 4.78 is 13.6. The molecule has 0 aliphatic carbocycles. The van der Waals surface area contributed by atoms with Crippen molar-refractivity contribution in [1.29, 1.82) is 0 Å². The molecule has 0 aliphatic rings. The van der Waals surface area contributed by atoms with Crippen molar-refractivity contribution in [1.82, 2.24) is 5.43 Å². The minimum absolute atomic E-state index is 0.109. The molecule has 3 aromatic rings. The summed E-state index contributed by atoms with van der Waals surface area (Å²) in [5.41, 5.74) is 5.16. The van der Waals surface area contributed by atoms with Gasteiger partial charge in [0.05, 0.1) is 22.9 Å². The van der Waals surface area contributed by atoms with Gasteiger partial charge in [-0.3, -0.25) is 4.79 Å². The number of hydrogen-bond donors (Lipinski definition) is 2. The summed E-state index contributed by atoms with van der Waals surface area (Å²) in [4.78, 5) is 12.1. The van der Waals surface area contributed by atoms with E-state index >= 15 is 0 Å². The highest BCUT2D eigenvalue weighted by Crippen LogP contribution is 2.34. The molecular formula is C24H22BrClIN3O3. The fraction of sp³-hybridized carbons (Fsp3) is 0.167. The predicted octanol–water partition coefficient (Wildman–Crippen LogP) is 6.25. The average Bonchev–Trinajstić information content (AvgIpc) is 2.79. The Kier molecular flexibility index (Phi) is 9.83. The standard InChI is InChI=1S/C24H22BrClIN3O3/c1-2-32-22-12-17(11-21(27)24(22)33-15-16-3-7-19(26)8-4-16)13-29-30-23(31)14-28-20-9-5-18(25)6-10-20/h3-13,28H,2,14-15H2,1H3,(H,30,31)/b29-13-. The Balaban J connectivity index is 1.60. The topological polar surface area (TPSA) is 72.0 Å². The molecule has 9 heteroatoms. The van der Waals surface area contributed by atoms with Crippen molar-refractivity contribution in [3.05, 3.63) is 84.9 Å². The van der Waals surface area contributed by atoms with Crippen LogP contribution < -0.4 is 20.2 Å². The highest BCUT2D eigenvalue weighted by atomic mass is 127. The number of ether oxygens (including phenoxy) is 2. The highest BCUT2D eigenvalue weighted by Gasteiger charge is 2.12. The van der Waals surface area contributed by atoms with Crippen LogP contribution >= 0.6 is 50.1 Å². The van der Waals surface area contributed by atoms with Crippen LogP contribution in [0.15, 0.2) is 70.2 Å². The number of amides is 1.